The van der Waals surface area contributed by atoms with Crippen molar-refractivity contribution in [1.82, 2.24) is 0 Å². The van der Waals surface area contributed by atoms with Crippen LogP contribution in [-0.2, 0) is 0 Å². The van der Waals surface area contributed by atoms with E-state index in [0.29, 0.717) is 6.61 Å². The van der Waals surface area contributed by atoms with Gasteiger partial charge in [-0.1, -0.05) is 38.2 Å². The van der Waals surface area contributed by atoms with E-state index >= 15 is 0 Å². The Hall–Kier alpha value is -0.810. The van der Waals surface area contributed by atoms with Crippen LogP contribution in [0.2, 0.25) is 0 Å². The van der Waals surface area contributed by atoms with Crippen molar-refractivity contribution in [3.05, 3.63) is 23.7 Å². The Morgan fingerprint density at radius 1 is 1.00 bits per heavy atom. The molecule has 0 saturated heterocycles. The Morgan fingerprint density at radius 3 is 2.23 bits per heavy atom. The zero-order chi connectivity index (χ0) is 9.78. The summed E-state index contributed by atoms with van der Waals surface area (Å²) in [6, 6.07) is 0. The predicted molar refractivity (Wildman–Crippen MR) is 55.1 cm³/mol. The van der Waals surface area contributed by atoms with Crippen LogP contribution in [0, 0.1) is 6.57 Å². The molecule has 2 nitrogen and oxygen atoms in total. The molecule has 0 aliphatic carbocycles. The molecule has 74 valence electrons. The molecular formula is C11H19NO. The Morgan fingerprint density at radius 2 is 1.62 bits per heavy atom. The van der Waals surface area contributed by atoms with Gasteiger partial charge < -0.3 is 5.11 Å². The topological polar surface area (TPSA) is 24.6 Å². The van der Waals surface area contributed by atoms with Gasteiger partial charge >= 0.3 is 0 Å². The highest BCUT2D eigenvalue weighted by Crippen LogP contribution is 2.07. The normalized spacial score (nSPS) is 10.5. The van der Waals surface area contributed by atoms with E-state index in [0.717, 1.165) is 19.3 Å². The van der Waals surface area contributed by atoms with Crippen LogP contribution in [0.3, 0.4) is 0 Å². The van der Waals surface area contributed by atoms with Gasteiger partial charge in [-0.25, -0.2) is 4.85 Å². The predicted octanol–water partition coefficient (Wildman–Crippen LogP) is 3.14. The highest BCUT2D eigenvalue weighted by atomic mass is 16.2. The molecule has 13 heavy (non-hydrogen) atoms. The summed E-state index contributed by atoms with van der Waals surface area (Å²) in [5, 5.41) is 8.53. The first-order valence-corrected chi connectivity index (χ1v) is 5.04. The molecule has 2 heteroatoms. The van der Waals surface area contributed by atoms with Crippen LogP contribution in [0.4, 0.5) is 0 Å². The van der Waals surface area contributed by atoms with E-state index in [4.69, 9.17) is 11.7 Å². The van der Waals surface area contributed by atoms with Gasteiger partial charge in [-0.05, 0) is 12.8 Å². The number of allylic oxidation sites excluding steroid dienone is 1. The zero-order valence-corrected chi connectivity index (χ0v) is 8.21. The Bertz CT molecular complexity index is 158. The first-order chi connectivity index (χ1) is 6.41. The SMILES string of the molecule is [C-]#[N+]C=CCCCCCCCCO. The van der Waals surface area contributed by atoms with Crippen LogP contribution in [0.5, 0.6) is 0 Å². The van der Waals surface area contributed by atoms with E-state index in [-0.39, 0.29) is 0 Å². The summed E-state index contributed by atoms with van der Waals surface area (Å²) in [5.41, 5.74) is 0. The van der Waals surface area contributed by atoms with E-state index in [2.05, 4.69) is 4.85 Å². The third-order valence-electron chi connectivity index (χ3n) is 1.96. The Labute approximate surface area is 81.1 Å². The molecular weight excluding hydrogens is 162 g/mol. The minimum Gasteiger partial charge on any atom is -0.396 e. The van der Waals surface area contributed by atoms with Gasteiger partial charge in [0, 0.05) is 6.61 Å². The van der Waals surface area contributed by atoms with Gasteiger partial charge in [0.15, 0.2) is 0 Å². The highest BCUT2D eigenvalue weighted by molar-refractivity contribution is 4.88. The molecule has 0 radical (unpaired) electrons. The van der Waals surface area contributed by atoms with Crippen molar-refractivity contribution in [1.29, 1.82) is 0 Å². The quantitative estimate of drug-likeness (QED) is 0.451. The second kappa shape index (κ2) is 11.2. The number of rotatable bonds is 8. The van der Waals surface area contributed by atoms with Gasteiger partial charge in [-0.2, -0.15) is 0 Å². The van der Waals surface area contributed by atoms with Gasteiger partial charge in [0.2, 0.25) is 0 Å². The van der Waals surface area contributed by atoms with Crippen molar-refractivity contribution in [3.8, 4) is 0 Å². The van der Waals surface area contributed by atoms with Crippen LogP contribution in [0.15, 0.2) is 12.3 Å². The number of unbranched alkanes of at least 4 members (excludes halogenated alkanes) is 6. The van der Waals surface area contributed by atoms with E-state index < -0.39 is 0 Å². The minimum atomic E-state index is 0.327. The average molecular weight is 181 g/mol. The second-order valence-electron chi connectivity index (χ2n) is 3.15. The smallest absolute Gasteiger partial charge is 0.150 e. The van der Waals surface area contributed by atoms with Crippen molar-refractivity contribution in [2.24, 2.45) is 0 Å². The highest BCUT2D eigenvalue weighted by Gasteiger charge is 1.88. The van der Waals surface area contributed by atoms with E-state index in [1.54, 1.807) is 0 Å². The molecule has 0 fully saturated rings. The molecule has 0 aromatic heterocycles. The largest absolute Gasteiger partial charge is 0.396 e. The van der Waals surface area contributed by atoms with E-state index in [1.807, 2.05) is 6.08 Å². The van der Waals surface area contributed by atoms with Crippen LogP contribution < -0.4 is 0 Å². The maximum absolute atomic E-state index is 8.53. The molecule has 0 aliphatic rings. The number of hydrogen-bond acceptors (Lipinski definition) is 1. The summed E-state index contributed by atoms with van der Waals surface area (Å²) in [5.74, 6) is 0. The fourth-order valence-electron chi connectivity index (χ4n) is 1.21. The van der Waals surface area contributed by atoms with Crippen molar-refractivity contribution in [2.75, 3.05) is 6.61 Å². The monoisotopic (exact) mass is 181 g/mol. The maximum atomic E-state index is 8.53. The van der Waals surface area contributed by atoms with E-state index in [1.165, 1.54) is 31.9 Å². The van der Waals surface area contributed by atoms with Crippen LogP contribution in [0.25, 0.3) is 4.85 Å². The van der Waals surface area contributed by atoms with Crippen LogP contribution in [0.1, 0.15) is 44.9 Å². The van der Waals surface area contributed by atoms with Gasteiger partial charge in [0.1, 0.15) is 6.20 Å². The molecule has 0 bridgehead atoms. The summed E-state index contributed by atoms with van der Waals surface area (Å²) >= 11 is 0. The fourth-order valence-corrected chi connectivity index (χ4v) is 1.21. The molecule has 0 aromatic rings. The molecule has 0 amide bonds. The molecule has 0 unspecified atom stereocenters. The van der Waals surface area contributed by atoms with Crippen molar-refractivity contribution >= 4 is 0 Å². The summed E-state index contributed by atoms with van der Waals surface area (Å²) < 4.78 is 0. The molecule has 0 spiro atoms. The lowest BCUT2D eigenvalue weighted by Crippen LogP contribution is -1.83. The Kier molecular flexibility index (Phi) is 10.5. The van der Waals surface area contributed by atoms with Crippen molar-refractivity contribution < 1.29 is 5.11 Å². The van der Waals surface area contributed by atoms with Crippen LogP contribution >= 0.6 is 0 Å². The molecule has 0 heterocycles. The fraction of sp³-hybridized carbons (Fsp3) is 0.727. The maximum Gasteiger partial charge on any atom is 0.150 e. The van der Waals surface area contributed by atoms with Crippen molar-refractivity contribution in [3.63, 3.8) is 0 Å². The number of nitrogens with zero attached hydrogens (tertiary/aromatic N) is 1. The summed E-state index contributed by atoms with van der Waals surface area (Å²) in [6.45, 7) is 6.84. The molecule has 0 rings (SSSR count). The average Bonchev–Trinajstić information content (AvgIpc) is 2.16. The van der Waals surface area contributed by atoms with Gasteiger partial charge in [0.25, 0.3) is 0 Å². The number of hydrogen-bond donors (Lipinski definition) is 1. The molecule has 0 saturated carbocycles. The second-order valence-corrected chi connectivity index (χ2v) is 3.15. The van der Waals surface area contributed by atoms with Gasteiger partial charge in [0.05, 0.1) is 6.57 Å². The lowest BCUT2D eigenvalue weighted by molar-refractivity contribution is 0.282. The first kappa shape index (κ1) is 12.2. The molecule has 0 aliphatic heterocycles. The first-order valence-electron chi connectivity index (χ1n) is 5.04. The molecule has 0 atom stereocenters. The molecule has 1 N–H and O–H groups in total. The third kappa shape index (κ3) is 11.2. The van der Waals surface area contributed by atoms with Gasteiger partial charge in [-0.3, -0.25) is 0 Å². The van der Waals surface area contributed by atoms with Crippen molar-refractivity contribution in [2.45, 2.75) is 44.9 Å². The lowest BCUT2D eigenvalue weighted by Gasteiger charge is -1.98. The lowest BCUT2D eigenvalue weighted by atomic mass is 10.1. The summed E-state index contributed by atoms with van der Waals surface area (Å²) in [6.07, 6.45) is 11.5. The Balaban J connectivity index is 2.92. The summed E-state index contributed by atoms with van der Waals surface area (Å²) in [4.78, 5) is 3.14. The summed E-state index contributed by atoms with van der Waals surface area (Å²) in [7, 11) is 0. The molecule has 0 aromatic carbocycles. The standard InChI is InChI=1S/C11H19NO/c1-12-10-8-6-4-2-3-5-7-9-11-13/h8,10,13H,2-7,9,11H2. The zero-order valence-electron chi connectivity index (χ0n) is 8.21. The van der Waals surface area contributed by atoms with E-state index in [9.17, 15) is 0 Å². The minimum absolute atomic E-state index is 0.327. The van der Waals surface area contributed by atoms with Gasteiger partial charge in [-0.15, -0.1) is 0 Å². The number of aliphatic hydroxyl groups is 1. The third-order valence-corrected chi connectivity index (χ3v) is 1.96. The van der Waals surface area contributed by atoms with Crippen LogP contribution in [-0.4, -0.2) is 11.7 Å². The number of aliphatic hydroxyl groups excluding tert-OH is 1.